The summed E-state index contributed by atoms with van der Waals surface area (Å²) >= 11 is 0. The van der Waals surface area contributed by atoms with Crippen molar-refractivity contribution in [1.82, 2.24) is 9.78 Å². The van der Waals surface area contributed by atoms with Crippen LogP contribution in [-0.4, -0.2) is 27.8 Å². The van der Waals surface area contributed by atoms with Crippen molar-refractivity contribution >= 4 is 17.7 Å². The first-order chi connectivity index (χ1) is 10.0. The van der Waals surface area contributed by atoms with E-state index in [1.807, 2.05) is 19.1 Å². The number of nitrogens with zero attached hydrogens (tertiary/aromatic N) is 2. The summed E-state index contributed by atoms with van der Waals surface area (Å²) in [5, 5.41) is 6.89. The van der Waals surface area contributed by atoms with E-state index < -0.39 is 12.1 Å². The third kappa shape index (κ3) is 2.52. The first-order valence-corrected chi connectivity index (χ1v) is 6.65. The minimum Gasteiger partial charge on any atom is -0.448 e. The fourth-order valence-corrected chi connectivity index (χ4v) is 2.41. The van der Waals surface area contributed by atoms with Crippen molar-refractivity contribution < 1.29 is 14.3 Å². The number of aromatic nitrogens is 2. The van der Waals surface area contributed by atoms with Crippen LogP contribution >= 0.6 is 0 Å². The summed E-state index contributed by atoms with van der Waals surface area (Å²) in [6.07, 6.45) is -0.437. The molecule has 0 saturated heterocycles. The fourth-order valence-electron chi connectivity index (χ4n) is 2.41. The van der Waals surface area contributed by atoms with Gasteiger partial charge in [-0.25, -0.2) is 4.79 Å². The van der Waals surface area contributed by atoms with Crippen molar-refractivity contribution in [2.24, 2.45) is 7.05 Å². The third-order valence-electron chi connectivity index (χ3n) is 3.44. The summed E-state index contributed by atoms with van der Waals surface area (Å²) in [5.74, 6) is -0.230. The number of hydrogen-bond donors (Lipinski definition) is 1. The van der Waals surface area contributed by atoms with Crippen molar-refractivity contribution in [2.45, 2.75) is 19.4 Å². The summed E-state index contributed by atoms with van der Waals surface area (Å²) in [6, 6.07) is 8.92. The lowest BCUT2D eigenvalue weighted by molar-refractivity contribution is -0.125. The van der Waals surface area contributed by atoms with Gasteiger partial charge in [0.15, 0.2) is 6.10 Å². The molecule has 2 aromatic rings. The number of ether oxygens (including phenoxy) is 1. The molecule has 3 rings (SSSR count). The Kier molecular flexibility index (Phi) is 3.21. The molecule has 2 heterocycles. The Morgan fingerprint density at radius 3 is 2.90 bits per heavy atom. The van der Waals surface area contributed by atoms with Gasteiger partial charge in [-0.1, -0.05) is 18.2 Å². The number of nitrogens with one attached hydrogen (secondary N) is 1. The van der Waals surface area contributed by atoms with Crippen molar-refractivity contribution in [1.29, 1.82) is 0 Å². The van der Waals surface area contributed by atoms with Crippen LogP contribution in [0.15, 0.2) is 30.3 Å². The van der Waals surface area contributed by atoms with Crippen molar-refractivity contribution in [3.05, 3.63) is 47.2 Å². The number of fused-ring (bicyclic) bond motifs is 1. The third-order valence-corrected chi connectivity index (χ3v) is 3.44. The first kappa shape index (κ1) is 13.4. The van der Waals surface area contributed by atoms with Gasteiger partial charge in [0.1, 0.15) is 5.82 Å². The minimum atomic E-state index is -0.817. The Bertz CT molecular complexity index is 721. The van der Waals surface area contributed by atoms with Crippen LogP contribution in [0.3, 0.4) is 0 Å². The van der Waals surface area contributed by atoms with Crippen LogP contribution in [0.4, 0.5) is 5.82 Å². The highest BCUT2D eigenvalue weighted by molar-refractivity contribution is 5.99. The molecule has 1 aliphatic rings. The molecule has 0 unspecified atom stereocenters. The van der Waals surface area contributed by atoms with E-state index in [0.717, 1.165) is 11.3 Å². The predicted octanol–water partition coefficient (Wildman–Crippen LogP) is 1.45. The summed E-state index contributed by atoms with van der Waals surface area (Å²) in [6.45, 7) is 1.84. The molecule has 0 aliphatic carbocycles. The topological polar surface area (TPSA) is 73.2 Å². The number of aryl methyl sites for hydroxylation is 2. The van der Waals surface area contributed by atoms with Gasteiger partial charge in [-0.15, -0.1) is 0 Å². The van der Waals surface area contributed by atoms with Crippen LogP contribution in [0.1, 0.15) is 21.6 Å². The number of anilines is 1. The van der Waals surface area contributed by atoms with Crippen molar-refractivity contribution in [2.75, 3.05) is 5.32 Å². The highest BCUT2D eigenvalue weighted by Gasteiger charge is 2.31. The lowest BCUT2D eigenvalue weighted by atomic mass is 9.98. The largest absolute Gasteiger partial charge is 0.448 e. The van der Waals surface area contributed by atoms with Crippen LogP contribution in [-0.2, 0) is 23.0 Å². The lowest BCUT2D eigenvalue weighted by Crippen LogP contribution is -2.38. The summed E-state index contributed by atoms with van der Waals surface area (Å²) in [7, 11) is 1.74. The minimum absolute atomic E-state index is 0.346. The maximum absolute atomic E-state index is 12.3. The number of benzene rings is 1. The molecule has 1 amide bonds. The molecule has 0 radical (unpaired) electrons. The van der Waals surface area contributed by atoms with Gasteiger partial charge >= 0.3 is 5.97 Å². The molecule has 21 heavy (non-hydrogen) atoms. The zero-order valence-electron chi connectivity index (χ0n) is 11.8. The number of rotatable bonds is 2. The average Bonchev–Trinajstić information content (AvgIpc) is 2.77. The Hall–Kier alpha value is -2.63. The number of esters is 1. The van der Waals surface area contributed by atoms with Gasteiger partial charge in [0, 0.05) is 19.5 Å². The molecular formula is C15H15N3O3. The van der Waals surface area contributed by atoms with Gasteiger partial charge < -0.3 is 10.1 Å². The zero-order valence-corrected chi connectivity index (χ0v) is 11.8. The van der Waals surface area contributed by atoms with Crippen molar-refractivity contribution in [3.8, 4) is 0 Å². The lowest BCUT2D eigenvalue weighted by Gasteiger charge is -2.23. The molecule has 108 valence electrons. The van der Waals surface area contributed by atoms with E-state index >= 15 is 0 Å². The van der Waals surface area contributed by atoms with Gasteiger partial charge in [0.05, 0.1) is 11.3 Å². The van der Waals surface area contributed by atoms with Crippen LogP contribution in [0.5, 0.6) is 0 Å². The van der Waals surface area contributed by atoms with Gasteiger partial charge in [-0.3, -0.25) is 9.48 Å². The standard InChI is InChI=1S/C15H15N3O3/c1-9-7-13(18(2)17-9)16-14(19)12-8-10-5-3-4-6-11(10)15(20)21-12/h3-7,12H,8H2,1-2H3,(H,16,19)/t12-/m0/s1. The van der Waals surface area contributed by atoms with Gasteiger partial charge in [0.2, 0.25) is 0 Å². The van der Waals surface area contributed by atoms with Crippen LogP contribution < -0.4 is 5.32 Å². The monoisotopic (exact) mass is 285 g/mol. The van der Waals surface area contributed by atoms with Crippen LogP contribution in [0, 0.1) is 6.92 Å². The van der Waals surface area contributed by atoms with E-state index in [9.17, 15) is 9.59 Å². The predicted molar refractivity (Wildman–Crippen MR) is 75.9 cm³/mol. The van der Waals surface area contributed by atoms with E-state index in [0.29, 0.717) is 17.8 Å². The van der Waals surface area contributed by atoms with Crippen molar-refractivity contribution in [3.63, 3.8) is 0 Å². The highest BCUT2D eigenvalue weighted by Crippen LogP contribution is 2.21. The fraction of sp³-hybridized carbons (Fsp3) is 0.267. The molecule has 6 heteroatoms. The van der Waals surface area contributed by atoms with Gasteiger partial charge in [0.25, 0.3) is 5.91 Å². The van der Waals surface area contributed by atoms with Gasteiger partial charge in [-0.2, -0.15) is 5.10 Å². The SMILES string of the molecule is Cc1cc(NC(=O)[C@@H]2Cc3ccccc3C(=O)O2)n(C)n1. The van der Waals surface area contributed by atoms with Crippen LogP contribution in [0.2, 0.25) is 0 Å². The second kappa shape index (κ2) is 5.05. The maximum Gasteiger partial charge on any atom is 0.339 e. The molecule has 0 spiro atoms. The van der Waals surface area contributed by atoms with Crippen LogP contribution in [0.25, 0.3) is 0 Å². The second-order valence-electron chi connectivity index (χ2n) is 5.04. The number of hydrogen-bond acceptors (Lipinski definition) is 4. The van der Waals surface area contributed by atoms with E-state index in [4.69, 9.17) is 4.74 Å². The number of amides is 1. The van der Waals surface area contributed by atoms with E-state index in [1.165, 1.54) is 0 Å². The molecule has 1 aromatic heterocycles. The summed E-state index contributed by atoms with van der Waals surface area (Å²) in [5.41, 5.74) is 2.16. The van der Waals surface area contributed by atoms with E-state index in [1.54, 1.807) is 29.9 Å². The molecule has 0 bridgehead atoms. The maximum atomic E-state index is 12.3. The zero-order chi connectivity index (χ0) is 15.0. The molecule has 1 atom stereocenters. The van der Waals surface area contributed by atoms with E-state index in [2.05, 4.69) is 10.4 Å². The average molecular weight is 285 g/mol. The Balaban J connectivity index is 1.78. The normalized spacial score (nSPS) is 17.0. The number of carbonyl (C=O) groups excluding carboxylic acids is 2. The quantitative estimate of drug-likeness (QED) is 0.848. The molecular weight excluding hydrogens is 270 g/mol. The molecule has 1 N–H and O–H groups in total. The molecule has 1 aliphatic heterocycles. The summed E-state index contributed by atoms with van der Waals surface area (Å²) in [4.78, 5) is 24.2. The highest BCUT2D eigenvalue weighted by atomic mass is 16.5. The molecule has 1 aromatic carbocycles. The van der Waals surface area contributed by atoms with E-state index in [-0.39, 0.29) is 5.91 Å². The number of cyclic esters (lactones) is 1. The molecule has 6 nitrogen and oxygen atoms in total. The molecule has 0 saturated carbocycles. The second-order valence-corrected chi connectivity index (χ2v) is 5.04. The Morgan fingerprint density at radius 2 is 2.19 bits per heavy atom. The Morgan fingerprint density at radius 1 is 1.43 bits per heavy atom. The summed E-state index contributed by atoms with van der Waals surface area (Å²) < 4.78 is 6.79. The van der Waals surface area contributed by atoms with Gasteiger partial charge in [-0.05, 0) is 18.6 Å². The molecule has 0 fully saturated rings. The Labute approximate surface area is 121 Å². The number of carbonyl (C=O) groups is 2. The smallest absolute Gasteiger partial charge is 0.339 e. The first-order valence-electron chi connectivity index (χ1n) is 6.65.